The van der Waals surface area contributed by atoms with Gasteiger partial charge in [-0.3, -0.25) is 14.5 Å². The SMILES string of the molecule is Cc1ccc(C(=O)Nc2ccc([C@@H]3SCC(=O)N3c3ccc(C)c(F)c3)cc2)cc1. The number of carbonyl (C=O) groups excluding carboxylic acids is 2. The number of hydrogen-bond acceptors (Lipinski definition) is 3. The quantitative estimate of drug-likeness (QED) is 0.609. The van der Waals surface area contributed by atoms with Crippen LogP contribution in [0.2, 0.25) is 0 Å². The highest BCUT2D eigenvalue weighted by atomic mass is 32.2. The Morgan fingerprint density at radius 3 is 2.40 bits per heavy atom. The van der Waals surface area contributed by atoms with Crippen molar-refractivity contribution in [2.24, 2.45) is 0 Å². The van der Waals surface area contributed by atoms with Crippen LogP contribution in [0.15, 0.2) is 66.7 Å². The average molecular weight is 421 g/mol. The first-order valence-electron chi connectivity index (χ1n) is 9.60. The predicted molar refractivity (Wildman–Crippen MR) is 119 cm³/mol. The fourth-order valence-electron chi connectivity index (χ4n) is 3.32. The van der Waals surface area contributed by atoms with E-state index in [0.717, 1.165) is 11.1 Å². The number of thioether (sulfide) groups is 1. The lowest BCUT2D eigenvalue weighted by Crippen LogP contribution is -2.28. The lowest BCUT2D eigenvalue weighted by atomic mass is 10.1. The molecule has 1 fully saturated rings. The van der Waals surface area contributed by atoms with Crippen LogP contribution in [-0.2, 0) is 4.79 Å². The molecule has 0 unspecified atom stereocenters. The smallest absolute Gasteiger partial charge is 0.255 e. The summed E-state index contributed by atoms with van der Waals surface area (Å²) in [6, 6.07) is 19.6. The zero-order chi connectivity index (χ0) is 21.3. The van der Waals surface area contributed by atoms with E-state index in [1.165, 1.54) is 17.8 Å². The maximum Gasteiger partial charge on any atom is 0.255 e. The molecule has 1 aliphatic heterocycles. The molecule has 1 saturated heterocycles. The normalized spacial score (nSPS) is 16.0. The van der Waals surface area contributed by atoms with Crippen molar-refractivity contribution in [1.82, 2.24) is 0 Å². The molecule has 152 valence electrons. The van der Waals surface area contributed by atoms with E-state index in [1.54, 1.807) is 36.1 Å². The number of amides is 2. The lowest BCUT2D eigenvalue weighted by molar-refractivity contribution is -0.115. The largest absolute Gasteiger partial charge is 0.322 e. The van der Waals surface area contributed by atoms with Crippen LogP contribution in [0.5, 0.6) is 0 Å². The molecule has 1 aliphatic rings. The van der Waals surface area contributed by atoms with Gasteiger partial charge in [-0.05, 0) is 61.4 Å². The minimum atomic E-state index is -0.329. The average Bonchev–Trinajstić information content (AvgIpc) is 3.12. The van der Waals surface area contributed by atoms with E-state index < -0.39 is 0 Å². The first kappa shape index (κ1) is 20.2. The number of halogens is 1. The molecule has 1 atom stereocenters. The minimum Gasteiger partial charge on any atom is -0.322 e. The Morgan fingerprint density at radius 1 is 1.03 bits per heavy atom. The molecule has 0 bridgehead atoms. The molecule has 0 saturated carbocycles. The predicted octanol–water partition coefficient (Wildman–Crippen LogP) is 5.47. The van der Waals surface area contributed by atoms with Crippen molar-refractivity contribution in [3.05, 3.63) is 94.8 Å². The third kappa shape index (κ3) is 4.09. The van der Waals surface area contributed by atoms with Gasteiger partial charge in [0.05, 0.1) is 5.75 Å². The summed E-state index contributed by atoms with van der Waals surface area (Å²) < 4.78 is 14.0. The van der Waals surface area contributed by atoms with Gasteiger partial charge in [-0.1, -0.05) is 35.9 Å². The standard InChI is InChI=1S/C24H21FN2O2S/c1-15-3-6-17(7-4-15)23(29)26-19-10-8-18(9-11-19)24-27(22(28)14-30-24)20-12-5-16(2)21(25)13-20/h3-13,24H,14H2,1-2H3,(H,26,29)/t24-/m0/s1. The maximum absolute atomic E-state index is 14.0. The number of benzene rings is 3. The molecular weight excluding hydrogens is 399 g/mol. The number of aryl methyl sites for hydroxylation is 2. The molecular formula is C24H21FN2O2S. The van der Waals surface area contributed by atoms with E-state index in [2.05, 4.69) is 5.32 Å². The molecule has 0 aliphatic carbocycles. The van der Waals surface area contributed by atoms with Crippen LogP contribution in [0.4, 0.5) is 15.8 Å². The molecule has 1 heterocycles. The van der Waals surface area contributed by atoms with Gasteiger partial charge in [0.25, 0.3) is 5.91 Å². The topological polar surface area (TPSA) is 49.4 Å². The third-order valence-electron chi connectivity index (χ3n) is 5.07. The fraction of sp³-hybridized carbons (Fsp3) is 0.167. The molecule has 6 heteroatoms. The van der Waals surface area contributed by atoms with Crippen LogP contribution >= 0.6 is 11.8 Å². The molecule has 0 spiro atoms. The number of nitrogens with one attached hydrogen (secondary N) is 1. The van der Waals surface area contributed by atoms with E-state index >= 15 is 0 Å². The third-order valence-corrected chi connectivity index (χ3v) is 6.28. The van der Waals surface area contributed by atoms with E-state index in [4.69, 9.17) is 0 Å². The minimum absolute atomic E-state index is 0.0509. The number of rotatable bonds is 4. The summed E-state index contributed by atoms with van der Waals surface area (Å²) in [7, 11) is 0. The van der Waals surface area contributed by atoms with Gasteiger partial charge in [0.1, 0.15) is 11.2 Å². The van der Waals surface area contributed by atoms with Crippen LogP contribution in [0, 0.1) is 19.7 Å². The Labute approximate surface area is 179 Å². The Morgan fingerprint density at radius 2 is 1.73 bits per heavy atom. The van der Waals surface area contributed by atoms with Crippen molar-refractivity contribution in [2.75, 3.05) is 16.0 Å². The zero-order valence-corrected chi connectivity index (χ0v) is 17.5. The van der Waals surface area contributed by atoms with Crippen molar-refractivity contribution in [1.29, 1.82) is 0 Å². The summed E-state index contributed by atoms with van der Waals surface area (Å²) in [4.78, 5) is 26.5. The maximum atomic E-state index is 14.0. The Balaban J connectivity index is 1.52. The summed E-state index contributed by atoms with van der Waals surface area (Å²) in [6.45, 7) is 3.67. The van der Waals surface area contributed by atoms with Crippen LogP contribution in [0.3, 0.4) is 0 Å². The second kappa shape index (κ2) is 8.32. The molecule has 2 amide bonds. The van der Waals surface area contributed by atoms with Crippen molar-refractivity contribution in [3.8, 4) is 0 Å². The van der Waals surface area contributed by atoms with Gasteiger partial charge in [-0.2, -0.15) is 0 Å². The van der Waals surface area contributed by atoms with Gasteiger partial charge < -0.3 is 5.32 Å². The van der Waals surface area contributed by atoms with Crippen molar-refractivity contribution >= 4 is 35.0 Å². The molecule has 3 aromatic carbocycles. The van der Waals surface area contributed by atoms with Crippen LogP contribution in [0.25, 0.3) is 0 Å². The number of nitrogens with zero attached hydrogens (tertiary/aromatic N) is 1. The zero-order valence-electron chi connectivity index (χ0n) is 16.7. The summed E-state index contributed by atoms with van der Waals surface area (Å²) in [5.74, 6) is -0.216. The second-order valence-corrected chi connectivity index (χ2v) is 8.37. The number of anilines is 2. The van der Waals surface area contributed by atoms with Gasteiger partial charge in [0.15, 0.2) is 0 Å². The number of carbonyl (C=O) groups is 2. The highest BCUT2D eigenvalue weighted by molar-refractivity contribution is 8.00. The molecule has 0 radical (unpaired) electrons. The molecule has 30 heavy (non-hydrogen) atoms. The van der Waals surface area contributed by atoms with Crippen LogP contribution in [0.1, 0.15) is 32.4 Å². The van der Waals surface area contributed by atoms with Gasteiger partial charge >= 0.3 is 0 Å². The first-order valence-corrected chi connectivity index (χ1v) is 10.6. The van der Waals surface area contributed by atoms with Crippen molar-refractivity contribution < 1.29 is 14.0 Å². The van der Waals surface area contributed by atoms with Crippen molar-refractivity contribution in [3.63, 3.8) is 0 Å². The summed E-state index contributed by atoms with van der Waals surface area (Å²) in [6.07, 6.45) is 0. The number of hydrogen-bond donors (Lipinski definition) is 1. The highest BCUT2D eigenvalue weighted by Crippen LogP contribution is 2.42. The fourth-order valence-corrected chi connectivity index (χ4v) is 4.50. The highest BCUT2D eigenvalue weighted by Gasteiger charge is 2.34. The van der Waals surface area contributed by atoms with E-state index in [9.17, 15) is 14.0 Å². The second-order valence-electron chi connectivity index (χ2n) is 7.30. The molecule has 4 nitrogen and oxygen atoms in total. The van der Waals surface area contributed by atoms with Crippen molar-refractivity contribution in [2.45, 2.75) is 19.2 Å². The molecule has 1 N–H and O–H groups in total. The summed E-state index contributed by atoms with van der Waals surface area (Å²) >= 11 is 1.50. The van der Waals surface area contributed by atoms with E-state index in [1.807, 2.05) is 43.3 Å². The van der Waals surface area contributed by atoms with Gasteiger partial charge in [-0.25, -0.2) is 4.39 Å². The van der Waals surface area contributed by atoms with Crippen LogP contribution < -0.4 is 10.2 Å². The Bertz CT molecular complexity index is 1100. The summed E-state index contributed by atoms with van der Waals surface area (Å²) in [5.41, 5.74) is 4.37. The molecule has 0 aromatic heterocycles. The van der Waals surface area contributed by atoms with E-state index in [0.29, 0.717) is 28.3 Å². The van der Waals surface area contributed by atoms with Gasteiger partial charge in [0, 0.05) is 16.9 Å². The van der Waals surface area contributed by atoms with E-state index in [-0.39, 0.29) is 23.0 Å². The Hall–Kier alpha value is -3.12. The van der Waals surface area contributed by atoms with Gasteiger partial charge in [0.2, 0.25) is 5.91 Å². The lowest BCUT2D eigenvalue weighted by Gasteiger charge is -2.25. The van der Waals surface area contributed by atoms with Crippen LogP contribution in [-0.4, -0.2) is 17.6 Å². The first-order chi connectivity index (χ1) is 14.4. The summed E-state index contributed by atoms with van der Waals surface area (Å²) in [5, 5.41) is 2.65. The molecule has 3 aromatic rings. The molecule has 4 rings (SSSR count). The van der Waals surface area contributed by atoms with Gasteiger partial charge in [-0.15, -0.1) is 11.8 Å². The monoisotopic (exact) mass is 420 g/mol. The Kier molecular flexibility index (Phi) is 5.59.